The summed E-state index contributed by atoms with van der Waals surface area (Å²) >= 11 is 1.57. The lowest BCUT2D eigenvalue weighted by molar-refractivity contribution is -0.122. The monoisotopic (exact) mass is 395 g/mol. The zero-order valence-corrected chi connectivity index (χ0v) is 16.0. The number of thiophene rings is 1. The summed E-state index contributed by atoms with van der Waals surface area (Å²) in [5, 5.41) is 16.1. The molecule has 144 valence electrons. The summed E-state index contributed by atoms with van der Waals surface area (Å²) in [4.78, 5) is 13.2. The number of hydrogen-bond donors (Lipinski definition) is 2. The van der Waals surface area contributed by atoms with Gasteiger partial charge in [-0.25, -0.2) is 0 Å². The molecular formula is C22H21NO4S. The van der Waals surface area contributed by atoms with E-state index in [1.807, 2.05) is 65.4 Å². The number of hydrogen-bond acceptors (Lipinski definition) is 5. The first kappa shape index (κ1) is 18.7. The number of carbonyl (C=O) groups is 1. The second-order valence-corrected chi connectivity index (χ2v) is 7.28. The largest absolute Gasteiger partial charge is 0.457 e. The van der Waals surface area contributed by atoms with Crippen LogP contribution in [0.5, 0.6) is 11.5 Å². The van der Waals surface area contributed by atoms with Gasteiger partial charge in [0.15, 0.2) is 0 Å². The zero-order chi connectivity index (χ0) is 19.3. The van der Waals surface area contributed by atoms with Gasteiger partial charge in [0, 0.05) is 17.7 Å². The van der Waals surface area contributed by atoms with E-state index in [-0.39, 0.29) is 25.2 Å². The molecule has 0 radical (unpaired) electrons. The van der Waals surface area contributed by atoms with Gasteiger partial charge >= 0.3 is 0 Å². The molecule has 0 fully saturated rings. The van der Waals surface area contributed by atoms with Gasteiger partial charge in [0.05, 0.1) is 19.1 Å². The number of ether oxygens (including phenoxy) is 2. The number of aliphatic hydroxyl groups excluding tert-OH is 1. The molecule has 0 saturated carbocycles. The molecule has 1 amide bonds. The van der Waals surface area contributed by atoms with Crippen LogP contribution in [0.1, 0.15) is 28.7 Å². The van der Waals surface area contributed by atoms with Gasteiger partial charge in [0.1, 0.15) is 17.6 Å². The Kier molecular flexibility index (Phi) is 5.71. The molecule has 1 aliphatic rings. The Labute approximate surface area is 167 Å². The Balaban J connectivity index is 1.56. The molecule has 3 aromatic rings. The summed E-state index contributed by atoms with van der Waals surface area (Å²) in [5.74, 6) is 0.859. The van der Waals surface area contributed by atoms with Crippen molar-refractivity contribution in [1.82, 2.24) is 5.32 Å². The second-order valence-electron chi connectivity index (χ2n) is 6.50. The van der Waals surface area contributed by atoms with Gasteiger partial charge in [-0.1, -0.05) is 36.4 Å². The molecule has 0 saturated heterocycles. The molecule has 2 N–H and O–H groups in total. The minimum Gasteiger partial charge on any atom is -0.457 e. The molecule has 1 aromatic heterocycles. The fraction of sp³-hybridized carbons (Fsp3) is 0.227. The van der Waals surface area contributed by atoms with Gasteiger partial charge in [0.2, 0.25) is 5.91 Å². The number of aliphatic hydroxyl groups is 1. The van der Waals surface area contributed by atoms with Crippen molar-refractivity contribution in [2.45, 2.75) is 12.0 Å². The highest BCUT2D eigenvalue weighted by Gasteiger charge is 2.32. The first-order chi connectivity index (χ1) is 13.8. The van der Waals surface area contributed by atoms with Gasteiger partial charge in [-0.15, -0.1) is 0 Å². The number of para-hydroxylation sites is 2. The van der Waals surface area contributed by atoms with E-state index >= 15 is 0 Å². The first-order valence-corrected chi connectivity index (χ1v) is 10.1. The van der Waals surface area contributed by atoms with Crippen molar-refractivity contribution in [2.75, 3.05) is 19.8 Å². The van der Waals surface area contributed by atoms with E-state index in [1.54, 1.807) is 11.3 Å². The maximum absolute atomic E-state index is 13.2. The average Bonchev–Trinajstić information content (AvgIpc) is 3.26. The minimum absolute atomic E-state index is 0.0602. The fourth-order valence-electron chi connectivity index (χ4n) is 3.41. The van der Waals surface area contributed by atoms with Crippen LogP contribution in [0.3, 0.4) is 0 Å². The molecule has 2 aromatic carbocycles. The number of benzene rings is 2. The zero-order valence-electron chi connectivity index (χ0n) is 15.2. The van der Waals surface area contributed by atoms with Crippen molar-refractivity contribution in [3.63, 3.8) is 0 Å². The third-order valence-corrected chi connectivity index (χ3v) is 5.43. The Morgan fingerprint density at radius 3 is 2.39 bits per heavy atom. The van der Waals surface area contributed by atoms with E-state index < -0.39 is 5.92 Å². The second kappa shape index (κ2) is 8.56. The number of rotatable bonds is 7. The van der Waals surface area contributed by atoms with Crippen LogP contribution in [-0.4, -0.2) is 30.8 Å². The maximum atomic E-state index is 13.2. The molecule has 1 atom stereocenters. The van der Waals surface area contributed by atoms with Crippen molar-refractivity contribution in [2.24, 2.45) is 0 Å². The highest BCUT2D eigenvalue weighted by Crippen LogP contribution is 2.43. The number of nitrogens with one attached hydrogen (secondary N) is 1. The smallest absolute Gasteiger partial charge is 0.232 e. The molecule has 2 heterocycles. The normalized spacial score (nSPS) is 13.9. The average molecular weight is 395 g/mol. The quantitative estimate of drug-likeness (QED) is 0.638. The Morgan fingerprint density at radius 2 is 1.79 bits per heavy atom. The van der Waals surface area contributed by atoms with E-state index in [0.29, 0.717) is 18.0 Å². The first-order valence-electron chi connectivity index (χ1n) is 9.16. The summed E-state index contributed by atoms with van der Waals surface area (Å²) in [7, 11) is 0. The van der Waals surface area contributed by atoms with Gasteiger partial charge in [-0.3, -0.25) is 4.79 Å². The van der Waals surface area contributed by atoms with Crippen LogP contribution >= 0.6 is 11.3 Å². The van der Waals surface area contributed by atoms with E-state index in [9.17, 15) is 4.79 Å². The summed E-state index contributed by atoms with van der Waals surface area (Å²) < 4.78 is 11.7. The standard InChI is InChI=1S/C22H21NO4S/c24-10-11-26-20(15-9-12-28-14-15)13-23-22(25)21-16-5-1-3-7-18(16)27-19-8-4-2-6-17(19)21/h1-9,12,14,20-21,24H,10-11,13H2,(H,23,25). The van der Waals surface area contributed by atoms with Crippen molar-refractivity contribution < 1.29 is 19.4 Å². The Morgan fingerprint density at radius 1 is 1.11 bits per heavy atom. The van der Waals surface area contributed by atoms with Crippen LogP contribution in [-0.2, 0) is 9.53 Å². The van der Waals surface area contributed by atoms with Crippen LogP contribution in [0.2, 0.25) is 0 Å². The van der Waals surface area contributed by atoms with E-state index in [0.717, 1.165) is 16.7 Å². The van der Waals surface area contributed by atoms with Crippen LogP contribution in [0.15, 0.2) is 65.4 Å². The number of amides is 1. The van der Waals surface area contributed by atoms with Crippen LogP contribution in [0, 0.1) is 0 Å². The summed E-state index contributed by atoms with van der Waals surface area (Å²) in [5.41, 5.74) is 2.69. The highest BCUT2D eigenvalue weighted by atomic mass is 32.1. The van der Waals surface area contributed by atoms with Gasteiger partial charge in [-0.2, -0.15) is 11.3 Å². The van der Waals surface area contributed by atoms with Crippen LogP contribution < -0.4 is 10.1 Å². The van der Waals surface area contributed by atoms with Crippen molar-refractivity contribution in [1.29, 1.82) is 0 Å². The van der Waals surface area contributed by atoms with Gasteiger partial charge < -0.3 is 19.9 Å². The summed E-state index contributed by atoms with van der Waals surface area (Å²) in [6.07, 6.45) is -0.298. The molecule has 1 unspecified atom stereocenters. The molecule has 1 aliphatic heterocycles. The molecule has 0 bridgehead atoms. The Hall–Kier alpha value is -2.67. The van der Waals surface area contributed by atoms with E-state index in [2.05, 4.69) is 5.32 Å². The lowest BCUT2D eigenvalue weighted by Gasteiger charge is -2.28. The van der Waals surface area contributed by atoms with E-state index in [4.69, 9.17) is 14.6 Å². The predicted molar refractivity (Wildman–Crippen MR) is 108 cm³/mol. The number of fused-ring (bicyclic) bond motifs is 2. The van der Waals surface area contributed by atoms with Gasteiger partial charge in [0.25, 0.3) is 0 Å². The van der Waals surface area contributed by atoms with Crippen molar-refractivity contribution in [3.05, 3.63) is 82.0 Å². The molecular weight excluding hydrogens is 374 g/mol. The minimum atomic E-state index is -0.442. The molecule has 0 spiro atoms. The molecule has 4 rings (SSSR count). The summed E-state index contributed by atoms with van der Waals surface area (Å²) in [6, 6.07) is 17.2. The molecule has 5 nitrogen and oxygen atoms in total. The molecule has 6 heteroatoms. The lowest BCUT2D eigenvalue weighted by Crippen LogP contribution is -2.35. The van der Waals surface area contributed by atoms with E-state index in [1.165, 1.54) is 0 Å². The highest BCUT2D eigenvalue weighted by molar-refractivity contribution is 7.07. The third kappa shape index (κ3) is 3.80. The van der Waals surface area contributed by atoms with Gasteiger partial charge in [-0.05, 0) is 34.5 Å². The maximum Gasteiger partial charge on any atom is 0.232 e. The van der Waals surface area contributed by atoms with Crippen molar-refractivity contribution >= 4 is 17.2 Å². The topological polar surface area (TPSA) is 67.8 Å². The SMILES string of the molecule is O=C(NCC(OCCO)c1ccsc1)C1c2ccccc2Oc2ccccc21. The third-order valence-electron chi connectivity index (χ3n) is 4.73. The lowest BCUT2D eigenvalue weighted by atomic mass is 9.87. The predicted octanol–water partition coefficient (Wildman–Crippen LogP) is 3.85. The van der Waals surface area contributed by atoms with Crippen molar-refractivity contribution in [3.8, 4) is 11.5 Å². The molecule has 28 heavy (non-hydrogen) atoms. The summed E-state index contributed by atoms with van der Waals surface area (Å²) in [6.45, 7) is 0.492. The fourth-order valence-corrected chi connectivity index (χ4v) is 4.12. The van der Waals surface area contributed by atoms with Crippen LogP contribution in [0.4, 0.5) is 0 Å². The Bertz CT molecular complexity index is 896. The number of carbonyl (C=O) groups excluding carboxylic acids is 1. The van der Waals surface area contributed by atoms with Crippen LogP contribution in [0.25, 0.3) is 0 Å². The molecule has 0 aliphatic carbocycles.